The summed E-state index contributed by atoms with van der Waals surface area (Å²) in [4.78, 5) is 35.2. The number of amidine groups is 1. The summed E-state index contributed by atoms with van der Waals surface area (Å²) in [6.07, 6.45) is 0.831. The average Bonchev–Trinajstić information content (AvgIpc) is 3.48. The lowest BCUT2D eigenvalue weighted by molar-refractivity contribution is -0.174. The van der Waals surface area contributed by atoms with Crippen LogP contribution in [0.4, 0.5) is 13.2 Å². The minimum atomic E-state index is -2.43. The molecule has 3 fully saturated rings. The van der Waals surface area contributed by atoms with Gasteiger partial charge in [0.1, 0.15) is 11.9 Å². The average molecular weight is 597 g/mol. The summed E-state index contributed by atoms with van der Waals surface area (Å²) in [6.45, 7) is -0.365. The maximum absolute atomic E-state index is 16.5. The van der Waals surface area contributed by atoms with E-state index < -0.39 is 59.6 Å². The number of nitrogens with zero attached hydrogens (tertiary/aromatic N) is 3. The second kappa shape index (κ2) is 9.82. The lowest BCUT2D eigenvalue weighted by Crippen LogP contribution is -2.68. The highest BCUT2D eigenvalue weighted by Crippen LogP contribution is 2.65. The molecule has 4 aliphatic rings. The second-order valence-electron chi connectivity index (χ2n) is 10.3. The molecule has 2 bridgehead atoms. The molecule has 14 heteroatoms. The van der Waals surface area contributed by atoms with Crippen LogP contribution in [0.3, 0.4) is 0 Å². The molecular weight excluding hydrogens is 573 g/mol. The Hall–Kier alpha value is -3.00. The number of esters is 1. The van der Waals surface area contributed by atoms with Gasteiger partial charge in [-0.15, -0.1) is 11.3 Å². The molecule has 0 spiro atoms. The van der Waals surface area contributed by atoms with E-state index in [2.05, 4.69) is 15.3 Å². The van der Waals surface area contributed by atoms with E-state index >= 15 is 8.78 Å². The summed E-state index contributed by atoms with van der Waals surface area (Å²) in [5.74, 6) is -3.26. The molecule has 4 unspecified atom stereocenters. The van der Waals surface area contributed by atoms with Crippen molar-refractivity contribution in [2.75, 3.05) is 26.9 Å². The molecule has 4 heterocycles. The molecule has 0 amide bonds. The normalized spacial score (nSPS) is 33.1. The van der Waals surface area contributed by atoms with Gasteiger partial charge in [0.05, 0.1) is 44.4 Å². The summed E-state index contributed by atoms with van der Waals surface area (Å²) in [6, 6.07) is 0.582. The summed E-state index contributed by atoms with van der Waals surface area (Å²) in [5.41, 5.74) is -4.11. The maximum Gasteiger partial charge on any atom is 0.338 e. The van der Waals surface area contributed by atoms with Crippen molar-refractivity contribution >= 4 is 40.7 Å². The topological polar surface area (TPSA) is 113 Å². The Morgan fingerprint density at radius 2 is 2.10 bits per heavy atom. The first-order valence-corrected chi connectivity index (χ1v) is 13.8. The first kappa shape index (κ1) is 27.2. The van der Waals surface area contributed by atoms with Crippen LogP contribution in [0.25, 0.3) is 0 Å². The lowest BCUT2D eigenvalue weighted by Gasteiger charge is -2.52. The smallest absolute Gasteiger partial charge is 0.338 e. The van der Waals surface area contributed by atoms with Crippen LogP contribution >= 0.6 is 22.9 Å². The van der Waals surface area contributed by atoms with E-state index in [1.165, 1.54) is 30.6 Å². The van der Waals surface area contributed by atoms with E-state index in [-0.39, 0.29) is 42.5 Å². The van der Waals surface area contributed by atoms with Crippen molar-refractivity contribution in [2.45, 2.75) is 42.3 Å². The Balaban J connectivity index is 1.44. The largest absolute Gasteiger partial charge is 0.481 e. The number of fused-ring (bicyclic) bond motifs is 5. The van der Waals surface area contributed by atoms with Crippen molar-refractivity contribution in [1.82, 2.24) is 15.2 Å². The number of methoxy groups -OCH3 is 1. The highest BCUT2D eigenvalue weighted by atomic mass is 35.5. The predicted molar refractivity (Wildman–Crippen MR) is 138 cm³/mol. The van der Waals surface area contributed by atoms with E-state index in [4.69, 9.17) is 21.1 Å². The minimum absolute atomic E-state index is 0.0290. The zero-order valence-electron chi connectivity index (χ0n) is 21.1. The number of halogens is 4. The molecule has 2 N–H and O–H groups in total. The molecule has 1 aromatic carbocycles. The third-order valence-electron chi connectivity index (χ3n) is 8.32. The number of ether oxygens (including phenoxy) is 2. The van der Waals surface area contributed by atoms with Gasteiger partial charge in [0.25, 0.3) is 0 Å². The van der Waals surface area contributed by atoms with Gasteiger partial charge in [-0.1, -0.05) is 17.7 Å². The number of rotatable bonds is 7. The number of carbonyl (C=O) groups excluding carboxylic acids is 1. The first-order valence-electron chi connectivity index (χ1n) is 12.5. The van der Waals surface area contributed by atoms with E-state index in [1.807, 2.05) is 0 Å². The molecule has 2 saturated heterocycles. The van der Waals surface area contributed by atoms with Gasteiger partial charge in [-0.3, -0.25) is 14.7 Å². The fourth-order valence-corrected chi connectivity index (χ4v) is 7.43. The van der Waals surface area contributed by atoms with Crippen molar-refractivity contribution in [1.29, 1.82) is 0 Å². The Bertz CT molecular complexity index is 1440. The first-order chi connectivity index (χ1) is 19.1. The Kier molecular flexibility index (Phi) is 6.68. The number of carbonyl (C=O) groups is 2. The van der Waals surface area contributed by atoms with Gasteiger partial charge in [0.2, 0.25) is 0 Å². The number of nitrogens with one attached hydrogen (secondary N) is 1. The van der Waals surface area contributed by atoms with Gasteiger partial charge >= 0.3 is 11.9 Å². The number of aromatic nitrogens is 1. The van der Waals surface area contributed by atoms with E-state index in [1.54, 1.807) is 16.5 Å². The summed E-state index contributed by atoms with van der Waals surface area (Å²) in [7, 11) is 1.19. The lowest BCUT2D eigenvalue weighted by atomic mass is 9.56. The van der Waals surface area contributed by atoms with Crippen LogP contribution in [0.5, 0.6) is 0 Å². The Labute approximate surface area is 235 Å². The third-order valence-corrected chi connectivity index (χ3v) is 9.43. The van der Waals surface area contributed by atoms with Crippen molar-refractivity contribution in [3.05, 3.63) is 62.5 Å². The van der Waals surface area contributed by atoms with Crippen LogP contribution in [0.2, 0.25) is 5.02 Å². The van der Waals surface area contributed by atoms with Gasteiger partial charge < -0.3 is 19.9 Å². The van der Waals surface area contributed by atoms with Gasteiger partial charge in [-0.25, -0.2) is 22.9 Å². The van der Waals surface area contributed by atoms with Crippen molar-refractivity contribution in [3.8, 4) is 0 Å². The van der Waals surface area contributed by atoms with Crippen LogP contribution in [0, 0.1) is 11.7 Å². The van der Waals surface area contributed by atoms with E-state index in [9.17, 15) is 19.1 Å². The van der Waals surface area contributed by atoms with Gasteiger partial charge in [-0.2, -0.15) is 0 Å². The Morgan fingerprint density at radius 1 is 1.32 bits per heavy atom. The molecule has 1 aromatic heterocycles. The number of carboxylic acid groups (broad SMARTS) is 1. The highest BCUT2D eigenvalue weighted by molar-refractivity contribution is 7.11. The number of morpholine rings is 1. The summed E-state index contributed by atoms with van der Waals surface area (Å²) < 4.78 is 57.4. The van der Waals surface area contributed by atoms with Crippen LogP contribution < -0.4 is 5.32 Å². The highest BCUT2D eigenvalue weighted by Gasteiger charge is 2.81. The number of carboxylic acids is 1. The standard InChI is InChI=1S/C26H24ClF3N4O5S/c1-38-24(37)20-16(9-34-17-10-39-11-18(34)26(30)12(6-19(35)36)8-25(17,26)29)32-22(23-31-4-5-40-23)33-21(20)14-3-2-13(28)7-15(14)27/h2-5,7,12,17-18,21H,6,8-11H2,1H3,(H,32,33)(H,35,36)/t12-,17?,18?,21+,25?,26?/m1/s1. The van der Waals surface area contributed by atoms with Crippen LogP contribution in [0.1, 0.15) is 29.5 Å². The van der Waals surface area contributed by atoms with Crippen LogP contribution in [0.15, 0.2) is 46.0 Å². The zero-order chi connectivity index (χ0) is 28.4. The van der Waals surface area contributed by atoms with Gasteiger partial charge in [0.15, 0.2) is 22.2 Å². The molecule has 6 rings (SSSR count). The molecule has 1 aliphatic carbocycles. The quantitative estimate of drug-likeness (QED) is 0.468. The number of benzene rings is 1. The van der Waals surface area contributed by atoms with Crippen molar-refractivity contribution in [2.24, 2.45) is 10.9 Å². The molecule has 40 heavy (non-hydrogen) atoms. The molecule has 0 radical (unpaired) electrons. The number of aliphatic imine (C=N–C) groups is 1. The molecule has 1 saturated carbocycles. The maximum atomic E-state index is 16.5. The fraction of sp³-hybridized carbons (Fsp3) is 0.462. The van der Waals surface area contributed by atoms with Gasteiger partial charge in [-0.05, 0) is 18.6 Å². The SMILES string of the molecule is COC(=O)C1=C(CN2C3COCC2C2(F)[C@H](CC(=O)O)CC32F)NC(c2nccs2)=N[C@H]1c1ccc(F)cc1Cl. The van der Waals surface area contributed by atoms with E-state index in [0.717, 1.165) is 6.07 Å². The molecule has 6 atom stereocenters. The second-order valence-corrected chi connectivity index (χ2v) is 11.6. The number of alkyl halides is 2. The number of hydrogen-bond acceptors (Lipinski definition) is 9. The number of aliphatic carboxylic acids is 1. The minimum Gasteiger partial charge on any atom is -0.481 e. The number of thiazole rings is 1. The monoisotopic (exact) mass is 596 g/mol. The fourth-order valence-electron chi connectivity index (χ4n) is 6.57. The van der Waals surface area contributed by atoms with Crippen LogP contribution in [-0.4, -0.2) is 83.1 Å². The molecule has 2 aromatic rings. The third kappa shape index (κ3) is 3.97. The predicted octanol–water partition coefficient (Wildman–Crippen LogP) is 3.45. The van der Waals surface area contributed by atoms with Crippen molar-refractivity contribution < 1.29 is 37.3 Å². The summed E-state index contributed by atoms with van der Waals surface area (Å²) >= 11 is 7.67. The zero-order valence-corrected chi connectivity index (χ0v) is 22.6. The van der Waals surface area contributed by atoms with Crippen molar-refractivity contribution in [3.63, 3.8) is 0 Å². The number of hydrogen-bond donors (Lipinski definition) is 2. The molecule has 9 nitrogen and oxygen atoms in total. The van der Waals surface area contributed by atoms with E-state index in [0.29, 0.717) is 16.4 Å². The molecular formula is C26H24ClF3N4O5S. The van der Waals surface area contributed by atoms with Gasteiger partial charge in [0, 0.05) is 40.3 Å². The summed E-state index contributed by atoms with van der Waals surface area (Å²) in [5, 5.41) is 14.7. The Morgan fingerprint density at radius 3 is 2.77 bits per heavy atom. The molecule has 212 valence electrons. The molecule has 3 aliphatic heterocycles. The van der Waals surface area contributed by atoms with Crippen LogP contribution in [-0.2, 0) is 19.1 Å².